The third-order valence-corrected chi connectivity index (χ3v) is 7.74. The number of anilines is 1. The fourth-order valence-electron chi connectivity index (χ4n) is 5.56. The molecule has 2 aromatic heterocycles. The molecule has 2 aliphatic rings. The maximum absolute atomic E-state index is 13.6. The van der Waals surface area contributed by atoms with E-state index in [0.29, 0.717) is 12.3 Å². The maximum Gasteiger partial charge on any atom is 0.294 e. The number of hydrogen-bond acceptors (Lipinski definition) is 5. The van der Waals surface area contributed by atoms with Crippen molar-refractivity contribution in [2.24, 2.45) is 5.92 Å². The second kappa shape index (κ2) is 10.1. The van der Waals surface area contributed by atoms with Crippen LogP contribution >= 0.6 is 0 Å². The first kappa shape index (κ1) is 24.4. The summed E-state index contributed by atoms with van der Waals surface area (Å²) in [5, 5.41) is 8.11. The van der Waals surface area contributed by atoms with Crippen molar-refractivity contribution >= 4 is 23.0 Å². The Balaban J connectivity index is 1.03. The SMILES string of the molecule is O=C1C(=O)N(c2ccc(F)c(F)c2)CC1Cc1ccc(CN2CCC(c3ccn4cnnc4c3)CC2)cc1. The van der Waals surface area contributed by atoms with Crippen molar-refractivity contribution in [3.63, 3.8) is 0 Å². The Morgan fingerprint density at radius 2 is 1.66 bits per heavy atom. The van der Waals surface area contributed by atoms with Crippen LogP contribution in [0.3, 0.4) is 0 Å². The van der Waals surface area contributed by atoms with Gasteiger partial charge in [0.15, 0.2) is 17.3 Å². The van der Waals surface area contributed by atoms with Crippen molar-refractivity contribution in [1.82, 2.24) is 19.5 Å². The molecule has 0 saturated carbocycles. The fraction of sp³-hybridized carbons (Fsp3) is 0.310. The van der Waals surface area contributed by atoms with Gasteiger partial charge < -0.3 is 4.90 Å². The molecule has 1 amide bonds. The van der Waals surface area contributed by atoms with Crippen molar-refractivity contribution < 1.29 is 18.4 Å². The van der Waals surface area contributed by atoms with Crippen LogP contribution in [0, 0.1) is 17.6 Å². The zero-order chi connectivity index (χ0) is 26.2. The Hall–Kier alpha value is -3.98. The number of halogens is 2. The van der Waals surface area contributed by atoms with Crippen LogP contribution in [0.4, 0.5) is 14.5 Å². The number of benzene rings is 2. The monoisotopic (exact) mass is 515 g/mol. The number of likely N-dealkylation sites (tertiary alicyclic amines) is 1. The number of nitrogens with zero attached hydrogens (tertiary/aromatic N) is 5. The first-order valence-corrected chi connectivity index (χ1v) is 12.8. The fourth-order valence-corrected chi connectivity index (χ4v) is 5.56. The smallest absolute Gasteiger partial charge is 0.294 e. The molecule has 4 heterocycles. The Labute approximate surface area is 218 Å². The molecule has 2 aromatic carbocycles. The zero-order valence-electron chi connectivity index (χ0n) is 20.8. The summed E-state index contributed by atoms with van der Waals surface area (Å²) in [4.78, 5) is 28.8. The second-order valence-corrected chi connectivity index (χ2v) is 10.2. The van der Waals surface area contributed by atoms with Gasteiger partial charge >= 0.3 is 0 Å². The van der Waals surface area contributed by atoms with Crippen molar-refractivity contribution in [2.45, 2.75) is 31.7 Å². The summed E-state index contributed by atoms with van der Waals surface area (Å²) in [6.07, 6.45) is 6.34. The lowest BCUT2D eigenvalue weighted by molar-refractivity contribution is -0.135. The minimum Gasteiger partial charge on any atom is -0.305 e. The number of ketones is 1. The number of hydrogen-bond donors (Lipinski definition) is 0. The molecule has 9 heteroatoms. The first-order chi connectivity index (χ1) is 18.4. The van der Waals surface area contributed by atoms with Crippen LogP contribution < -0.4 is 4.90 Å². The van der Waals surface area contributed by atoms with E-state index in [4.69, 9.17) is 0 Å². The summed E-state index contributed by atoms with van der Waals surface area (Å²) < 4.78 is 28.8. The Kier molecular flexibility index (Phi) is 6.45. The molecule has 0 spiro atoms. The van der Waals surface area contributed by atoms with Crippen LogP contribution in [-0.4, -0.2) is 50.8 Å². The molecular formula is C29H27F2N5O2. The van der Waals surface area contributed by atoms with Crippen LogP contribution in [0.2, 0.25) is 0 Å². The van der Waals surface area contributed by atoms with E-state index in [9.17, 15) is 18.4 Å². The molecule has 0 radical (unpaired) electrons. The normalized spacial score (nSPS) is 19.1. The molecule has 2 aliphatic heterocycles. The summed E-state index contributed by atoms with van der Waals surface area (Å²) in [6, 6.07) is 15.7. The van der Waals surface area contributed by atoms with Gasteiger partial charge in [-0.15, -0.1) is 10.2 Å². The van der Waals surface area contributed by atoms with Gasteiger partial charge in [0.05, 0.1) is 0 Å². The Morgan fingerprint density at radius 3 is 2.42 bits per heavy atom. The van der Waals surface area contributed by atoms with Crippen molar-refractivity contribution in [3.8, 4) is 0 Å². The standard InChI is InChI=1S/C29H27F2N5O2/c30-25-6-5-24(15-26(25)31)36-17-23(28(37)29(36)38)13-19-1-3-20(4-2-19)16-34-10-7-21(8-11-34)22-9-12-35-18-32-33-27(35)14-22/h1-6,9,12,14-15,18,21,23H,7-8,10-11,13,16-17H2. The summed E-state index contributed by atoms with van der Waals surface area (Å²) in [6.45, 7) is 3.05. The lowest BCUT2D eigenvalue weighted by Gasteiger charge is -2.32. The largest absolute Gasteiger partial charge is 0.305 e. The van der Waals surface area contributed by atoms with E-state index in [1.807, 2.05) is 22.7 Å². The van der Waals surface area contributed by atoms with E-state index < -0.39 is 29.2 Å². The quantitative estimate of drug-likeness (QED) is 0.361. The number of Topliss-reactive ketones (excluding diaryl/α,β-unsaturated/α-hetero) is 1. The van der Waals surface area contributed by atoms with Crippen molar-refractivity contribution in [2.75, 3.05) is 24.5 Å². The number of pyridine rings is 1. The number of rotatable bonds is 6. The minimum atomic E-state index is -1.04. The Morgan fingerprint density at radius 1 is 0.895 bits per heavy atom. The van der Waals surface area contributed by atoms with Crippen LogP contribution in [0.15, 0.2) is 67.1 Å². The molecule has 2 saturated heterocycles. The van der Waals surface area contributed by atoms with Crippen molar-refractivity contribution in [1.29, 1.82) is 0 Å². The van der Waals surface area contributed by atoms with Gasteiger partial charge in [-0.05, 0) is 79.2 Å². The molecule has 0 aliphatic carbocycles. The molecule has 6 rings (SSSR count). The van der Waals surface area contributed by atoms with E-state index in [1.165, 1.54) is 22.1 Å². The zero-order valence-corrected chi connectivity index (χ0v) is 20.8. The number of piperidine rings is 1. The minimum absolute atomic E-state index is 0.156. The van der Waals surface area contributed by atoms with Crippen LogP contribution in [-0.2, 0) is 22.6 Å². The highest BCUT2D eigenvalue weighted by Crippen LogP contribution is 2.30. The predicted molar refractivity (Wildman–Crippen MR) is 138 cm³/mol. The van der Waals surface area contributed by atoms with E-state index in [2.05, 4.69) is 39.4 Å². The molecule has 0 N–H and O–H groups in total. The number of carbonyl (C=O) groups is 2. The number of carbonyl (C=O) groups excluding carboxylic acids is 2. The molecule has 1 unspecified atom stereocenters. The third kappa shape index (κ3) is 4.81. The molecule has 38 heavy (non-hydrogen) atoms. The van der Waals surface area contributed by atoms with Crippen LogP contribution in [0.25, 0.3) is 5.65 Å². The average Bonchev–Trinajstić information content (AvgIpc) is 3.51. The lowest BCUT2D eigenvalue weighted by Crippen LogP contribution is -2.32. The second-order valence-electron chi connectivity index (χ2n) is 10.2. The third-order valence-electron chi connectivity index (χ3n) is 7.74. The highest BCUT2D eigenvalue weighted by Gasteiger charge is 2.39. The van der Waals surface area contributed by atoms with E-state index >= 15 is 0 Å². The van der Waals surface area contributed by atoms with Gasteiger partial charge in [0.2, 0.25) is 5.78 Å². The molecule has 194 valence electrons. The highest BCUT2D eigenvalue weighted by molar-refractivity contribution is 6.44. The maximum atomic E-state index is 13.6. The van der Waals surface area contributed by atoms with Gasteiger partial charge in [0, 0.05) is 37.0 Å². The van der Waals surface area contributed by atoms with Gasteiger partial charge in [-0.25, -0.2) is 8.78 Å². The molecule has 1 atom stereocenters. The molecule has 2 fully saturated rings. The lowest BCUT2D eigenvalue weighted by atomic mass is 9.90. The summed E-state index contributed by atoms with van der Waals surface area (Å²) >= 11 is 0. The molecule has 4 aromatic rings. The molecule has 0 bridgehead atoms. The molecule has 7 nitrogen and oxygen atoms in total. The van der Waals surface area contributed by atoms with E-state index in [1.54, 1.807) is 6.33 Å². The van der Waals surface area contributed by atoms with E-state index in [-0.39, 0.29) is 12.2 Å². The van der Waals surface area contributed by atoms with Gasteiger partial charge in [0.1, 0.15) is 6.33 Å². The summed E-state index contributed by atoms with van der Waals surface area (Å²) in [5.74, 6) is -3.20. The van der Waals surface area contributed by atoms with Gasteiger partial charge in [-0.3, -0.25) is 18.9 Å². The summed E-state index contributed by atoms with van der Waals surface area (Å²) in [5.41, 5.74) is 4.57. The van der Waals surface area contributed by atoms with Gasteiger partial charge in [0.25, 0.3) is 5.91 Å². The van der Waals surface area contributed by atoms with Gasteiger partial charge in [-0.2, -0.15) is 0 Å². The van der Waals surface area contributed by atoms with E-state index in [0.717, 1.165) is 55.8 Å². The number of aromatic nitrogens is 3. The number of amides is 1. The topological polar surface area (TPSA) is 70.8 Å². The van der Waals surface area contributed by atoms with Crippen LogP contribution in [0.1, 0.15) is 35.4 Å². The Bertz CT molecular complexity index is 1490. The van der Waals surface area contributed by atoms with Gasteiger partial charge in [-0.1, -0.05) is 24.3 Å². The first-order valence-electron chi connectivity index (χ1n) is 12.8. The van der Waals surface area contributed by atoms with Crippen LogP contribution in [0.5, 0.6) is 0 Å². The summed E-state index contributed by atoms with van der Waals surface area (Å²) in [7, 11) is 0. The predicted octanol–water partition coefficient (Wildman–Crippen LogP) is 4.16. The van der Waals surface area contributed by atoms with Crippen molar-refractivity contribution in [3.05, 3.63) is 95.4 Å². The highest BCUT2D eigenvalue weighted by atomic mass is 19.2. The average molecular weight is 516 g/mol. The molecular weight excluding hydrogens is 488 g/mol. The number of fused-ring (bicyclic) bond motifs is 1.